The first-order valence-electron chi connectivity index (χ1n) is 11.3. The lowest BCUT2D eigenvalue weighted by Gasteiger charge is -2.30. The van der Waals surface area contributed by atoms with Crippen LogP contribution < -0.4 is 19.9 Å². The van der Waals surface area contributed by atoms with E-state index in [1.165, 1.54) is 17.3 Å². The molecule has 35 heavy (non-hydrogen) atoms. The Morgan fingerprint density at radius 3 is 2.74 bits per heavy atom. The highest BCUT2D eigenvalue weighted by Crippen LogP contribution is 2.37. The van der Waals surface area contributed by atoms with Crippen molar-refractivity contribution in [3.63, 3.8) is 0 Å². The minimum Gasteiger partial charge on any atom is -0.489 e. The molecule has 1 fully saturated rings. The van der Waals surface area contributed by atoms with E-state index in [9.17, 15) is 14.0 Å². The number of carbonyl (C=O) groups is 2. The Balaban J connectivity index is 1.29. The maximum Gasteiger partial charge on any atom is 0.291 e. The zero-order valence-electron chi connectivity index (χ0n) is 19.2. The number of fused-ring (bicyclic) bond motifs is 1. The highest BCUT2D eigenvalue weighted by Gasteiger charge is 2.33. The number of anilines is 2. The Labute approximate surface area is 206 Å². The number of rotatable bonds is 5. The van der Waals surface area contributed by atoms with E-state index in [1.807, 2.05) is 47.0 Å². The fourth-order valence-corrected chi connectivity index (χ4v) is 5.03. The second-order valence-electron chi connectivity index (χ2n) is 8.36. The van der Waals surface area contributed by atoms with Gasteiger partial charge < -0.3 is 19.9 Å². The molecule has 0 spiro atoms. The molecule has 0 bridgehead atoms. The molecule has 3 aromatic rings. The van der Waals surface area contributed by atoms with Gasteiger partial charge in [-0.15, -0.1) is 5.10 Å². The summed E-state index contributed by atoms with van der Waals surface area (Å²) in [6.45, 7) is 1.81. The third kappa shape index (κ3) is 4.95. The quantitative estimate of drug-likeness (QED) is 0.579. The average molecular weight is 497 g/mol. The second-order valence-corrected chi connectivity index (χ2v) is 9.58. The minimum absolute atomic E-state index is 0.0468. The molecule has 2 aliphatic rings. The van der Waals surface area contributed by atoms with Crippen molar-refractivity contribution in [1.82, 2.24) is 20.1 Å². The van der Waals surface area contributed by atoms with Gasteiger partial charge in [0.05, 0.1) is 17.9 Å². The molecule has 9 nitrogen and oxygen atoms in total. The van der Waals surface area contributed by atoms with E-state index in [-0.39, 0.29) is 24.1 Å². The van der Waals surface area contributed by atoms with Crippen LogP contribution in [0.25, 0.3) is 0 Å². The molecular weight excluding hydrogens is 471 g/mol. The fourth-order valence-electron chi connectivity index (χ4n) is 4.13. The number of benzene rings is 2. The highest BCUT2D eigenvalue weighted by atomic mass is 32.2. The Bertz CT molecular complexity index is 1230. The van der Waals surface area contributed by atoms with Crippen LogP contribution in [0, 0.1) is 5.82 Å². The predicted molar refractivity (Wildman–Crippen MR) is 132 cm³/mol. The normalized spacial score (nSPS) is 18.0. The van der Waals surface area contributed by atoms with Crippen LogP contribution in [0.2, 0.25) is 0 Å². The minimum atomic E-state index is -0.973. The molecule has 3 heterocycles. The van der Waals surface area contributed by atoms with Gasteiger partial charge >= 0.3 is 0 Å². The number of nitrogens with zero attached hydrogens (tertiary/aromatic N) is 5. The number of hydrogen-bond acceptors (Lipinski definition) is 7. The summed E-state index contributed by atoms with van der Waals surface area (Å²) in [5.74, 6) is 0.705. The topological polar surface area (TPSA) is 92.6 Å². The predicted octanol–water partition coefficient (Wildman–Crippen LogP) is 2.17. The zero-order valence-corrected chi connectivity index (χ0v) is 20.0. The molecule has 1 N–H and O–H groups in total. The van der Waals surface area contributed by atoms with Crippen LogP contribution in [-0.4, -0.2) is 70.9 Å². The lowest BCUT2D eigenvalue weighted by molar-refractivity contribution is -0.120. The summed E-state index contributed by atoms with van der Waals surface area (Å²) in [5, 5.41) is 6.88. The Morgan fingerprint density at radius 2 is 1.97 bits per heavy atom. The maximum absolute atomic E-state index is 14.9. The van der Waals surface area contributed by atoms with Crippen molar-refractivity contribution in [3.8, 4) is 5.75 Å². The molecule has 1 saturated heterocycles. The monoisotopic (exact) mass is 496 g/mol. The number of nitrogens with one attached hydrogen (secondary N) is 1. The molecule has 5 rings (SSSR count). The van der Waals surface area contributed by atoms with Crippen LogP contribution in [0.3, 0.4) is 0 Å². The first-order valence-corrected chi connectivity index (χ1v) is 12.5. The Morgan fingerprint density at radius 1 is 1.20 bits per heavy atom. The number of aromatic nitrogens is 3. The molecule has 2 aliphatic heterocycles. The van der Waals surface area contributed by atoms with Crippen molar-refractivity contribution in [1.29, 1.82) is 0 Å². The first-order chi connectivity index (χ1) is 17.0. The summed E-state index contributed by atoms with van der Waals surface area (Å²) < 4.78 is 22.2. The van der Waals surface area contributed by atoms with Crippen molar-refractivity contribution in [2.45, 2.75) is 12.6 Å². The fraction of sp³-hybridized carbons (Fsp3) is 0.333. The second kappa shape index (κ2) is 9.95. The van der Waals surface area contributed by atoms with Gasteiger partial charge in [-0.3, -0.25) is 9.59 Å². The molecule has 1 aromatic heterocycles. The first kappa shape index (κ1) is 23.2. The van der Waals surface area contributed by atoms with E-state index in [1.54, 1.807) is 17.8 Å². The lowest BCUT2D eigenvalue weighted by atomic mass is 10.2. The van der Waals surface area contributed by atoms with Crippen molar-refractivity contribution < 1.29 is 18.7 Å². The number of hydrogen-bond donors (Lipinski definition) is 1. The summed E-state index contributed by atoms with van der Waals surface area (Å²) in [7, 11) is 1.59. The van der Waals surface area contributed by atoms with Gasteiger partial charge in [0, 0.05) is 37.7 Å². The third-order valence-corrected chi connectivity index (χ3v) is 6.95. The molecule has 182 valence electrons. The average Bonchev–Trinajstić information content (AvgIpc) is 3.31. The van der Waals surface area contributed by atoms with Crippen molar-refractivity contribution in [2.24, 2.45) is 0 Å². The molecule has 0 unspecified atom stereocenters. The molecule has 2 amide bonds. The van der Waals surface area contributed by atoms with Crippen LogP contribution in [0.5, 0.6) is 5.75 Å². The van der Waals surface area contributed by atoms with Gasteiger partial charge in [-0.25, -0.2) is 14.1 Å². The Hall–Kier alpha value is -3.60. The van der Waals surface area contributed by atoms with E-state index >= 15 is 0 Å². The molecular formula is C24H25FN6O3S. The largest absolute Gasteiger partial charge is 0.489 e. The standard InChI is InChI=1S/C24H25FN6O3S/c1-29-20-12-19(30-7-9-35-10-8-30)17(25)11-21(20)34-14-18(24(29)33)27-23(32)22-26-15-31(28-22)13-16-5-3-2-4-6-16/h2-6,11-12,15,18H,7-10,13-14H2,1H3,(H,27,32)/t18-/m0/s1. The lowest BCUT2D eigenvalue weighted by Crippen LogP contribution is -2.49. The zero-order chi connectivity index (χ0) is 24.4. The third-order valence-electron chi connectivity index (χ3n) is 6.01. The van der Waals surface area contributed by atoms with Crippen LogP contribution in [0.4, 0.5) is 15.8 Å². The van der Waals surface area contributed by atoms with Gasteiger partial charge in [-0.05, 0) is 11.6 Å². The summed E-state index contributed by atoms with van der Waals surface area (Å²) in [4.78, 5) is 33.4. The number of thioether (sulfide) groups is 1. The number of carbonyl (C=O) groups excluding carboxylic acids is 2. The van der Waals surface area contributed by atoms with Gasteiger partial charge in [-0.1, -0.05) is 30.3 Å². The smallest absolute Gasteiger partial charge is 0.291 e. The summed E-state index contributed by atoms with van der Waals surface area (Å²) in [5.41, 5.74) is 1.93. The van der Waals surface area contributed by atoms with Gasteiger partial charge in [0.1, 0.15) is 30.5 Å². The molecule has 2 aromatic carbocycles. The van der Waals surface area contributed by atoms with Crippen LogP contribution in [0.1, 0.15) is 16.2 Å². The summed E-state index contributed by atoms with van der Waals surface area (Å²) >= 11 is 1.83. The number of halogens is 1. The van der Waals surface area contributed by atoms with Crippen LogP contribution >= 0.6 is 11.8 Å². The number of ether oxygens (including phenoxy) is 1. The van der Waals surface area contributed by atoms with Gasteiger partial charge in [0.2, 0.25) is 5.82 Å². The summed E-state index contributed by atoms with van der Waals surface area (Å²) in [6, 6.07) is 11.7. The number of likely N-dealkylation sites (N-methyl/N-ethyl adjacent to an activating group) is 1. The summed E-state index contributed by atoms with van der Waals surface area (Å²) in [6.07, 6.45) is 1.47. The van der Waals surface area contributed by atoms with E-state index in [2.05, 4.69) is 15.4 Å². The van der Waals surface area contributed by atoms with Crippen molar-refractivity contribution in [2.75, 3.05) is 48.0 Å². The SMILES string of the molecule is CN1C(=O)[C@@H](NC(=O)c2ncn(Cc3ccccc3)n2)COc2cc(F)c(N3CCSCC3)cc21. The van der Waals surface area contributed by atoms with E-state index in [0.717, 1.165) is 30.2 Å². The van der Waals surface area contributed by atoms with Crippen molar-refractivity contribution in [3.05, 3.63) is 66.0 Å². The van der Waals surface area contributed by atoms with Crippen LogP contribution in [0.15, 0.2) is 48.8 Å². The van der Waals surface area contributed by atoms with E-state index in [4.69, 9.17) is 4.74 Å². The molecule has 0 aliphatic carbocycles. The highest BCUT2D eigenvalue weighted by molar-refractivity contribution is 7.99. The molecule has 11 heteroatoms. The molecule has 0 saturated carbocycles. The van der Waals surface area contributed by atoms with Crippen LogP contribution in [-0.2, 0) is 11.3 Å². The van der Waals surface area contributed by atoms with Gasteiger partial charge in [-0.2, -0.15) is 11.8 Å². The Kier molecular flexibility index (Phi) is 6.58. The maximum atomic E-state index is 14.9. The molecule has 1 atom stereocenters. The van der Waals surface area contributed by atoms with Crippen molar-refractivity contribution >= 4 is 35.0 Å². The number of amides is 2. The van der Waals surface area contributed by atoms with E-state index < -0.39 is 17.8 Å². The van der Waals surface area contributed by atoms with Gasteiger partial charge in [0.15, 0.2) is 0 Å². The van der Waals surface area contributed by atoms with E-state index in [0.29, 0.717) is 17.9 Å². The van der Waals surface area contributed by atoms with Gasteiger partial charge in [0.25, 0.3) is 11.8 Å². The molecule has 0 radical (unpaired) electrons.